The molecule has 0 aliphatic heterocycles. The van der Waals surface area contributed by atoms with Crippen molar-refractivity contribution < 1.29 is 17.3 Å². The molecule has 0 aromatic heterocycles. The van der Waals surface area contributed by atoms with Crippen LogP contribution < -0.4 is 0 Å². The van der Waals surface area contributed by atoms with E-state index in [0.717, 1.165) is 24.3 Å². The molecule has 2 unspecified atom stereocenters. The summed E-state index contributed by atoms with van der Waals surface area (Å²) in [5, 5.41) is 8.11. The number of oxime groups is 2. The highest BCUT2D eigenvalue weighted by Gasteiger charge is 2.34. The molecule has 0 N–H and O–H groups in total. The summed E-state index contributed by atoms with van der Waals surface area (Å²) in [5.74, 6) is 0. The molecule has 0 aromatic rings. The Morgan fingerprint density at radius 3 is 1.52 bits per heavy atom. The molecule has 0 saturated heterocycles. The standard InChI is InChI=1S/C14H30N2O4Si3/c1-9-13(5)15-17-21(11-3)19-23(7,8)20-22(12-4)18-16-14(6)10-2/h11-12,21-22H,3-4,9-10H2,1-2,5-8H3. The highest BCUT2D eigenvalue weighted by Crippen LogP contribution is 2.13. The third-order valence-electron chi connectivity index (χ3n) is 2.83. The molecule has 0 fully saturated rings. The molecule has 0 rings (SSSR count). The molecule has 0 aliphatic rings. The van der Waals surface area contributed by atoms with Crippen LogP contribution in [0.25, 0.3) is 0 Å². The van der Waals surface area contributed by atoms with Gasteiger partial charge in [-0.05, 0) is 51.2 Å². The van der Waals surface area contributed by atoms with Crippen LogP contribution in [-0.2, 0) is 17.3 Å². The first kappa shape index (κ1) is 22.0. The smallest absolute Gasteiger partial charge is 0.421 e. The molecule has 0 aliphatic carbocycles. The molecule has 132 valence electrons. The fourth-order valence-electron chi connectivity index (χ4n) is 1.23. The maximum Gasteiger partial charge on any atom is 0.428 e. The van der Waals surface area contributed by atoms with Gasteiger partial charge in [-0.1, -0.05) is 13.8 Å². The molecule has 9 heteroatoms. The summed E-state index contributed by atoms with van der Waals surface area (Å²) in [6.45, 7) is 19.3. The summed E-state index contributed by atoms with van der Waals surface area (Å²) in [5.41, 5.74) is 5.21. The first-order valence-corrected chi connectivity index (χ1v) is 13.8. The van der Waals surface area contributed by atoms with E-state index in [4.69, 9.17) is 17.3 Å². The predicted octanol–water partition coefficient (Wildman–Crippen LogP) is 3.22. The molecule has 0 saturated carbocycles. The highest BCUT2D eigenvalue weighted by atomic mass is 28.5. The van der Waals surface area contributed by atoms with Crippen LogP contribution >= 0.6 is 0 Å². The van der Waals surface area contributed by atoms with Crippen LogP contribution in [0.15, 0.2) is 34.9 Å². The Hall–Kier alpha value is -1.01. The van der Waals surface area contributed by atoms with Gasteiger partial charge in [0.25, 0.3) is 0 Å². The third-order valence-corrected chi connectivity index (χ3v) is 10.6. The third kappa shape index (κ3) is 10.4. The second kappa shape index (κ2) is 11.5. The van der Waals surface area contributed by atoms with Crippen molar-refractivity contribution in [3.63, 3.8) is 0 Å². The van der Waals surface area contributed by atoms with Crippen molar-refractivity contribution in [2.75, 3.05) is 0 Å². The summed E-state index contributed by atoms with van der Waals surface area (Å²) in [4.78, 5) is 0. The van der Waals surface area contributed by atoms with Crippen molar-refractivity contribution in [2.45, 2.75) is 53.6 Å². The van der Waals surface area contributed by atoms with Crippen LogP contribution in [0.2, 0.25) is 13.1 Å². The van der Waals surface area contributed by atoms with E-state index in [1.165, 1.54) is 0 Å². The lowest BCUT2D eigenvalue weighted by molar-refractivity contribution is 0.243. The van der Waals surface area contributed by atoms with E-state index in [1.807, 2.05) is 40.8 Å². The average Bonchev–Trinajstić information content (AvgIpc) is 2.54. The molecule has 0 amide bonds. The summed E-state index contributed by atoms with van der Waals surface area (Å²) >= 11 is 0. The van der Waals surface area contributed by atoms with Crippen LogP contribution in [0.5, 0.6) is 0 Å². The van der Waals surface area contributed by atoms with E-state index in [1.54, 1.807) is 11.4 Å². The minimum Gasteiger partial charge on any atom is -0.421 e. The number of nitrogens with zero attached hydrogens (tertiary/aromatic N) is 2. The van der Waals surface area contributed by atoms with E-state index in [9.17, 15) is 0 Å². The lowest BCUT2D eigenvalue weighted by Gasteiger charge is -2.27. The van der Waals surface area contributed by atoms with Crippen molar-refractivity contribution in [3.05, 3.63) is 24.6 Å². The van der Waals surface area contributed by atoms with Crippen molar-refractivity contribution >= 4 is 38.6 Å². The summed E-state index contributed by atoms with van der Waals surface area (Å²) in [7, 11) is -6.67. The van der Waals surface area contributed by atoms with E-state index in [-0.39, 0.29) is 0 Å². The Morgan fingerprint density at radius 2 is 1.26 bits per heavy atom. The van der Waals surface area contributed by atoms with Gasteiger partial charge in [-0.2, -0.15) is 0 Å². The van der Waals surface area contributed by atoms with Crippen molar-refractivity contribution in [1.29, 1.82) is 0 Å². The van der Waals surface area contributed by atoms with Gasteiger partial charge in [0.1, 0.15) is 0 Å². The van der Waals surface area contributed by atoms with Crippen molar-refractivity contribution in [2.24, 2.45) is 10.3 Å². The Morgan fingerprint density at radius 1 is 0.913 bits per heavy atom. The lowest BCUT2D eigenvalue weighted by Crippen LogP contribution is -2.45. The van der Waals surface area contributed by atoms with Crippen LogP contribution in [0.4, 0.5) is 0 Å². The fourth-order valence-corrected chi connectivity index (χ4v) is 8.28. The predicted molar refractivity (Wildman–Crippen MR) is 103 cm³/mol. The normalized spacial score (nSPS) is 15.7. The molecule has 0 radical (unpaired) electrons. The number of hydrogen-bond acceptors (Lipinski definition) is 6. The van der Waals surface area contributed by atoms with Gasteiger partial charge in [-0.3, -0.25) is 0 Å². The van der Waals surface area contributed by atoms with Crippen molar-refractivity contribution in [3.8, 4) is 0 Å². The monoisotopic (exact) mass is 374 g/mol. The molecular formula is C14H30N2O4Si3. The Balaban J connectivity index is 4.68. The SMILES string of the molecule is C=C[SiH](ON=C(C)CC)O[Si](C)(C)O[SiH](C=C)ON=C(C)CC. The average molecular weight is 375 g/mol. The first-order valence-electron chi connectivity index (χ1n) is 7.77. The van der Waals surface area contributed by atoms with Gasteiger partial charge in [0.15, 0.2) is 0 Å². The Kier molecular flexibility index (Phi) is 11.0. The fraction of sp³-hybridized carbons (Fsp3) is 0.571. The Labute approximate surface area is 144 Å². The van der Waals surface area contributed by atoms with Gasteiger partial charge < -0.3 is 17.3 Å². The van der Waals surface area contributed by atoms with Gasteiger partial charge in [-0.15, -0.1) is 23.5 Å². The minimum absolute atomic E-state index is 0.837. The van der Waals surface area contributed by atoms with Gasteiger partial charge in [0, 0.05) is 0 Å². The number of hydrogen-bond donors (Lipinski definition) is 0. The zero-order chi connectivity index (χ0) is 17.9. The van der Waals surface area contributed by atoms with Gasteiger partial charge in [0.05, 0.1) is 11.4 Å². The van der Waals surface area contributed by atoms with E-state index in [0.29, 0.717) is 0 Å². The zero-order valence-corrected chi connectivity index (χ0v) is 18.5. The lowest BCUT2D eigenvalue weighted by atomic mass is 10.3. The molecular weight excluding hydrogens is 344 g/mol. The first-order chi connectivity index (χ1) is 10.8. The second-order valence-electron chi connectivity index (χ2n) is 5.41. The summed E-state index contributed by atoms with van der Waals surface area (Å²) in [6.07, 6.45) is 1.67. The van der Waals surface area contributed by atoms with Crippen LogP contribution in [0.1, 0.15) is 40.5 Å². The van der Waals surface area contributed by atoms with Crippen LogP contribution in [-0.4, -0.2) is 38.6 Å². The topological polar surface area (TPSA) is 61.6 Å². The van der Waals surface area contributed by atoms with E-state index < -0.39 is 27.1 Å². The molecule has 6 nitrogen and oxygen atoms in total. The molecule has 2 atom stereocenters. The second-order valence-corrected chi connectivity index (χ2v) is 12.9. The van der Waals surface area contributed by atoms with E-state index in [2.05, 4.69) is 23.5 Å². The van der Waals surface area contributed by atoms with Crippen molar-refractivity contribution in [1.82, 2.24) is 0 Å². The van der Waals surface area contributed by atoms with E-state index >= 15 is 0 Å². The largest absolute Gasteiger partial charge is 0.428 e. The molecule has 0 aromatic carbocycles. The Bertz CT molecular complexity index is 404. The molecule has 23 heavy (non-hydrogen) atoms. The van der Waals surface area contributed by atoms with Crippen LogP contribution in [0, 0.1) is 0 Å². The van der Waals surface area contributed by atoms with Gasteiger partial charge >= 0.3 is 27.1 Å². The van der Waals surface area contributed by atoms with Crippen LogP contribution in [0.3, 0.4) is 0 Å². The summed E-state index contributed by atoms with van der Waals surface area (Å²) in [6, 6.07) is 0. The maximum atomic E-state index is 6.01. The molecule has 0 heterocycles. The highest BCUT2D eigenvalue weighted by molar-refractivity contribution is 6.78. The maximum absolute atomic E-state index is 6.01. The minimum atomic E-state index is -2.44. The van der Waals surface area contributed by atoms with Gasteiger partial charge in [-0.25, -0.2) is 0 Å². The quantitative estimate of drug-likeness (QED) is 0.299. The summed E-state index contributed by atoms with van der Waals surface area (Å²) < 4.78 is 23.0. The zero-order valence-electron chi connectivity index (χ0n) is 15.2. The molecule has 0 bridgehead atoms. The molecule has 0 spiro atoms. The number of rotatable bonds is 12. The van der Waals surface area contributed by atoms with Gasteiger partial charge in [0.2, 0.25) is 0 Å².